The van der Waals surface area contributed by atoms with Gasteiger partial charge in [-0.1, -0.05) is 35.9 Å². The highest BCUT2D eigenvalue weighted by atomic mass is 35.5. The number of halogens is 1. The number of nitrogens with zero attached hydrogens (tertiary/aromatic N) is 2. The Morgan fingerprint density at radius 2 is 1.80 bits per heavy atom. The average molecular weight is 359 g/mol. The Morgan fingerprint density at radius 1 is 1.12 bits per heavy atom. The average Bonchev–Trinajstić information content (AvgIpc) is 3.01. The molecular formula is C18H15ClN2O4. The third kappa shape index (κ3) is 3.64. The molecule has 25 heavy (non-hydrogen) atoms. The van der Waals surface area contributed by atoms with Crippen LogP contribution in [-0.2, 0) is 14.3 Å². The van der Waals surface area contributed by atoms with E-state index in [0.29, 0.717) is 16.3 Å². The number of amides is 1. The van der Waals surface area contributed by atoms with Crippen LogP contribution in [0.4, 0.5) is 0 Å². The van der Waals surface area contributed by atoms with Gasteiger partial charge in [-0.25, -0.2) is 0 Å². The molecule has 1 aliphatic rings. The van der Waals surface area contributed by atoms with Crippen molar-refractivity contribution in [1.29, 1.82) is 0 Å². The van der Waals surface area contributed by atoms with E-state index in [1.165, 1.54) is 18.9 Å². The second-order valence-corrected chi connectivity index (χ2v) is 5.82. The zero-order valence-corrected chi connectivity index (χ0v) is 14.4. The lowest BCUT2D eigenvalue weighted by molar-refractivity contribution is -0.135. The van der Waals surface area contributed by atoms with Gasteiger partial charge in [-0.3, -0.25) is 9.59 Å². The molecule has 1 aliphatic heterocycles. The van der Waals surface area contributed by atoms with Crippen LogP contribution in [0.25, 0.3) is 0 Å². The first-order chi connectivity index (χ1) is 12.0. The summed E-state index contributed by atoms with van der Waals surface area (Å²) in [7, 11) is 0. The lowest BCUT2D eigenvalue weighted by Gasteiger charge is -2.19. The van der Waals surface area contributed by atoms with Crippen molar-refractivity contribution in [3.05, 3.63) is 64.7 Å². The number of para-hydroxylation sites is 1. The first kappa shape index (κ1) is 17.0. The number of ether oxygens (including phenoxy) is 2. The van der Waals surface area contributed by atoms with E-state index in [1.54, 1.807) is 48.5 Å². The van der Waals surface area contributed by atoms with Crippen molar-refractivity contribution in [3.8, 4) is 5.75 Å². The summed E-state index contributed by atoms with van der Waals surface area (Å²) in [6.07, 6.45) is -0.713. The second-order valence-electron chi connectivity index (χ2n) is 5.38. The maximum absolute atomic E-state index is 12.0. The Kier molecular flexibility index (Phi) is 4.72. The van der Waals surface area contributed by atoms with Gasteiger partial charge in [0.05, 0.1) is 5.56 Å². The van der Waals surface area contributed by atoms with E-state index in [0.717, 1.165) is 5.56 Å². The molecule has 0 bridgehead atoms. The van der Waals surface area contributed by atoms with E-state index < -0.39 is 12.2 Å². The normalized spacial score (nSPS) is 16.2. The van der Waals surface area contributed by atoms with Crippen molar-refractivity contribution < 1.29 is 19.1 Å². The molecule has 0 unspecified atom stereocenters. The maximum Gasteiger partial charge on any atom is 0.308 e. The number of rotatable bonds is 3. The molecule has 1 atom stereocenters. The SMILES string of the molecule is CC(=O)Oc1ccccc1C1=NN(C(C)=O)[C@H](c2ccc(Cl)cc2)O1. The van der Waals surface area contributed by atoms with Crippen molar-refractivity contribution in [2.24, 2.45) is 5.10 Å². The molecule has 7 heteroatoms. The fraction of sp³-hybridized carbons (Fsp3) is 0.167. The summed E-state index contributed by atoms with van der Waals surface area (Å²) in [4.78, 5) is 23.3. The predicted octanol–water partition coefficient (Wildman–Crippen LogP) is 3.50. The number of carbonyl (C=O) groups is 2. The number of esters is 1. The summed E-state index contributed by atoms with van der Waals surface area (Å²) in [6.45, 7) is 2.71. The predicted molar refractivity (Wildman–Crippen MR) is 92.1 cm³/mol. The standard InChI is InChI=1S/C18H15ClN2O4/c1-11(22)21-18(13-7-9-14(19)10-8-13)25-17(20-21)15-5-3-4-6-16(15)24-12(2)23/h3-10,18H,1-2H3/t18-/m0/s1. The molecule has 0 aliphatic carbocycles. The van der Waals surface area contributed by atoms with Gasteiger partial charge in [-0.15, -0.1) is 5.10 Å². The topological polar surface area (TPSA) is 68.2 Å². The maximum atomic E-state index is 12.0. The molecule has 2 aromatic carbocycles. The number of hydrogen-bond acceptors (Lipinski definition) is 5. The third-order valence-electron chi connectivity index (χ3n) is 3.49. The van der Waals surface area contributed by atoms with Crippen molar-refractivity contribution >= 4 is 29.4 Å². The molecule has 6 nitrogen and oxygen atoms in total. The van der Waals surface area contributed by atoms with E-state index in [4.69, 9.17) is 21.1 Å². The van der Waals surface area contributed by atoms with Gasteiger partial charge in [0.1, 0.15) is 5.75 Å². The summed E-state index contributed by atoms with van der Waals surface area (Å²) >= 11 is 5.91. The van der Waals surface area contributed by atoms with E-state index >= 15 is 0 Å². The minimum Gasteiger partial charge on any atom is -0.446 e. The summed E-state index contributed by atoms with van der Waals surface area (Å²) in [5.74, 6) is -0.218. The van der Waals surface area contributed by atoms with Crippen LogP contribution in [0.1, 0.15) is 31.2 Å². The Morgan fingerprint density at radius 3 is 2.44 bits per heavy atom. The quantitative estimate of drug-likeness (QED) is 0.622. The van der Waals surface area contributed by atoms with Crippen LogP contribution in [0, 0.1) is 0 Å². The molecule has 0 N–H and O–H groups in total. The Balaban J connectivity index is 1.96. The minimum absolute atomic E-state index is 0.201. The zero-order valence-electron chi connectivity index (χ0n) is 13.6. The molecular weight excluding hydrogens is 344 g/mol. The summed E-state index contributed by atoms with van der Waals surface area (Å²) < 4.78 is 11.1. The van der Waals surface area contributed by atoms with Crippen molar-refractivity contribution in [3.63, 3.8) is 0 Å². The molecule has 2 aromatic rings. The molecule has 0 saturated carbocycles. The Bertz CT molecular complexity index is 848. The molecule has 0 aromatic heterocycles. The van der Waals surface area contributed by atoms with Crippen LogP contribution in [0.15, 0.2) is 53.6 Å². The summed E-state index contributed by atoms with van der Waals surface area (Å²) in [5, 5.41) is 6.08. The number of hydrogen-bond donors (Lipinski definition) is 0. The van der Waals surface area contributed by atoms with Crippen molar-refractivity contribution in [1.82, 2.24) is 5.01 Å². The van der Waals surface area contributed by atoms with Crippen LogP contribution < -0.4 is 4.74 Å². The number of benzene rings is 2. The van der Waals surface area contributed by atoms with Gasteiger partial charge in [-0.05, 0) is 24.3 Å². The molecule has 0 fully saturated rings. The van der Waals surface area contributed by atoms with Gasteiger partial charge in [0, 0.05) is 24.4 Å². The van der Waals surface area contributed by atoms with Crippen LogP contribution in [-0.4, -0.2) is 22.8 Å². The molecule has 1 heterocycles. The molecule has 3 rings (SSSR count). The Labute approximate surface area is 149 Å². The van der Waals surface area contributed by atoms with Gasteiger partial charge in [0.25, 0.3) is 0 Å². The molecule has 0 spiro atoms. The fourth-order valence-electron chi connectivity index (χ4n) is 2.41. The zero-order chi connectivity index (χ0) is 18.0. The van der Waals surface area contributed by atoms with Crippen molar-refractivity contribution in [2.45, 2.75) is 20.1 Å². The van der Waals surface area contributed by atoms with Gasteiger partial charge in [0.15, 0.2) is 0 Å². The van der Waals surface area contributed by atoms with Gasteiger partial charge < -0.3 is 9.47 Å². The van der Waals surface area contributed by atoms with Gasteiger partial charge in [0.2, 0.25) is 18.0 Å². The largest absolute Gasteiger partial charge is 0.446 e. The summed E-state index contributed by atoms with van der Waals surface area (Å²) in [5.41, 5.74) is 1.21. The fourth-order valence-corrected chi connectivity index (χ4v) is 2.53. The lowest BCUT2D eigenvalue weighted by Crippen LogP contribution is -2.25. The second kappa shape index (κ2) is 6.94. The summed E-state index contributed by atoms with van der Waals surface area (Å²) in [6, 6.07) is 13.8. The van der Waals surface area contributed by atoms with E-state index in [-0.39, 0.29) is 11.8 Å². The number of carbonyl (C=O) groups excluding carboxylic acids is 2. The van der Waals surface area contributed by atoms with Crippen LogP contribution in [0.5, 0.6) is 5.75 Å². The molecule has 0 radical (unpaired) electrons. The van der Waals surface area contributed by atoms with Crippen LogP contribution >= 0.6 is 11.6 Å². The molecule has 1 amide bonds. The Hall–Kier alpha value is -2.86. The third-order valence-corrected chi connectivity index (χ3v) is 3.74. The van der Waals surface area contributed by atoms with Crippen molar-refractivity contribution in [2.75, 3.05) is 0 Å². The van der Waals surface area contributed by atoms with E-state index in [1.807, 2.05) is 0 Å². The monoisotopic (exact) mass is 358 g/mol. The van der Waals surface area contributed by atoms with E-state index in [2.05, 4.69) is 5.10 Å². The van der Waals surface area contributed by atoms with Gasteiger partial charge in [-0.2, -0.15) is 5.01 Å². The lowest BCUT2D eigenvalue weighted by atomic mass is 10.2. The van der Waals surface area contributed by atoms with E-state index in [9.17, 15) is 9.59 Å². The minimum atomic E-state index is -0.713. The first-order valence-electron chi connectivity index (χ1n) is 7.54. The molecule has 128 valence electrons. The highest BCUT2D eigenvalue weighted by Crippen LogP contribution is 2.33. The highest BCUT2D eigenvalue weighted by molar-refractivity contribution is 6.30. The van der Waals surface area contributed by atoms with Gasteiger partial charge >= 0.3 is 5.97 Å². The van der Waals surface area contributed by atoms with Crippen LogP contribution in [0.3, 0.4) is 0 Å². The van der Waals surface area contributed by atoms with Crippen LogP contribution in [0.2, 0.25) is 5.02 Å². The first-order valence-corrected chi connectivity index (χ1v) is 7.92. The molecule has 0 saturated heterocycles. The number of hydrazone groups is 1. The highest BCUT2D eigenvalue weighted by Gasteiger charge is 2.34. The smallest absolute Gasteiger partial charge is 0.308 e.